The van der Waals surface area contributed by atoms with Gasteiger partial charge in [0.2, 0.25) is 11.8 Å². The lowest BCUT2D eigenvalue weighted by Crippen LogP contribution is -2.48. The molecule has 2 atom stereocenters. The lowest BCUT2D eigenvalue weighted by atomic mass is 9.91. The van der Waals surface area contributed by atoms with Crippen LogP contribution in [-0.2, 0) is 9.59 Å². The fourth-order valence-corrected chi connectivity index (χ4v) is 4.66. The third kappa shape index (κ3) is 4.55. The van der Waals surface area contributed by atoms with Crippen LogP contribution in [-0.4, -0.2) is 77.4 Å². The number of benzene rings is 1. The number of amides is 2. The van der Waals surface area contributed by atoms with Crippen LogP contribution < -0.4 is 4.74 Å². The van der Waals surface area contributed by atoms with Crippen molar-refractivity contribution in [2.75, 3.05) is 32.7 Å². The minimum atomic E-state index is -0.479. The zero-order chi connectivity index (χ0) is 20.4. The third-order valence-corrected chi connectivity index (χ3v) is 6.50. The maximum Gasteiger partial charge on any atom is 0.245 e. The molecule has 0 aromatic heterocycles. The van der Waals surface area contributed by atoms with Crippen LogP contribution in [0.3, 0.4) is 0 Å². The van der Waals surface area contributed by atoms with Crippen LogP contribution in [0.15, 0.2) is 24.3 Å². The molecular formula is C22H30FN3O3. The Morgan fingerprint density at radius 1 is 1.03 bits per heavy atom. The molecule has 2 heterocycles. The predicted molar refractivity (Wildman–Crippen MR) is 107 cm³/mol. The molecule has 1 aromatic rings. The van der Waals surface area contributed by atoms with Crippen LogP contribution in [0.25, 0.3) is 0 Å². The second-order valence-electron chi connectivity index (χ2n) is 8.42. The van der Waals surface area contributed by atoms with E-state index in [2.05, 4.69) is 4.90 Å². The average Bonchev–Trinajstić information content (AvgIpc) is 2.93. The summed E-state index contributed by atoms with van der Waals surface area (Å²) in [6.45, 7) is 5.31. The lowest BCUT2D eigenvalue weighted by molar-refractivity contribution is -0.142. The smallest absolute Gasteiger partial charge is 0.245 e. The van der Waals surface area contributed by atoms with E-state index in [9.17, 15) is 14.0 Å². The first-order chi connectivity index (χ1) is 14.0. The maximum absolute atomic E-state index is 13.3. The van der Waals surface area contributed by atoms with Crippen molar-refractivity contribution in [2.24, 2.45) is 0 Å². The molecule has 1 aromatic carbocycles. The van der Waals surface area contributed by atoms with Gasteiger partial charge in [-0.2, -0.15) is 0 Å². The van der Waals surface area contributed by atoms with Gasteiger partial charge in [-0.3, -0.25) is 14.5 Å². The quantitative estimate of drug-likeness (QED) is 0.774. The summed E-state index contributed by atoms with van der Waals surface area (Å²) in [5.74, 6) is 0.151. The van der Waals surface area contributed by atoms with E-state index >= 15 is 0 Å². The van der Waals surface area contributed by atoms with Gasteiger partial charge >= 0.3 is 0 Å². The number of carbonyl (C=O) groups excluding carboxylic acids is 2. The minimum absolute atomic E-state index is 0.0286. The number of hydrogen-bond donors (Lipinski definition) is 0. The van der Waals surface area contributed by atoms with Gasteiger partial charge in [-0.05, 0) is 43.5 Å². The van der Waals surface area contributed by atoms with Crippen molar-refractivity contribution in [1.29, 1.82) is 0 Å². The summed E-state index contributed by atoms with van der Waals surface area (Å²) in [5, 5.41) is 0. The summed E-state index contributed by atoms with van der Waals surface area (Å²) in [4.78, 5) is 31.5. The van der Waals surface area contributed by atoms with Gasteiger partial charge in [-0.1, -0.05) is 6.42 Å². The Kier molecular flexibility index (Phi) is 6.04. The van der Waals surface area contributed by atoms with Crippen LogP contribution in [0.5, 0.6) is 5.75 Å². The molecule has 0 spiro atoms. The molecule has 0 bridgehead atoms. The third-order valence-electron chi connectivity index (χ3n) is 6.50. The number of carbonyl (C=O) groups is 2. The Hall–Kier alpha value is -2.15. The number of likely N-dealkylation sites (tertiary alicyclic amines) is 1. The van der Waals surface area contributed by atoms with E-state index in [1.54, 1.807) is 17.0 Å². The van der Waals surface area contributed by atoms with Crippen LogP contribution >= 0.6 is 0 Å². The molecule has 0 N–H and O–H groups in total. The standard InChI is InChI=1S/C22H30FN3O3/c1-16(27)26-15-20(29-19-8-6-17(23)7-9-19)14-21(26)22(28)25-11-3-10-24(12-13-25)18-4-2-5-18/h6-9,18,20-21H,2-5,10-15H2,1H3/t20-,21+/m1/s1. The van der Waals surface area contributed by atoms with E-state index in [-0.39, 0.29) is 23.7 Å². The van der Waals surface area contributed by atoms with Gasteiger partial charge in [-0.25, -0.2) is 4.39 Å². The summed E-state index contributed by atoms with van der Waals surface area (Å²) in [7, 11) is 0. The Morgan fingerprint density at radius 2 is 1.79 bits per heavy atom. The zero-order valence-electron chi connectivity index (χ0n) is 17.1. The van der Waals surface area contributed by atoms with Gasteiger partial charge < -0.3 is 14.5 Å². The van der Waals surface area contributed by atoms with Gasteiger partial charge in [0.05, 0.1) is 6.54 Å². The monoisotopic (exact) mass is 403 g/mol. The van der Waals surface area contributed by atoms with Crippen molar-refractivity contribution in [2.45, 2.75) is 57.2 Å². The van der Waals surface area contributed by atoms with Crippen molar-refractivity contribution in [3.8, 4) is 5.75 Å². The molecule has 29 heavy (non-hydrogen) atoms. The fourth-order valence-electron chi connectivity index (χ4n) is 4.66. The topological polar surface area (TPSA) is 53.1 Å². The summed E-state index contributed by atoms with van der Waals surface area (Å²) in [6.07, 6.45) is 5.04. The minimum Gasteiger partial charge on any atom is -0.488 e. The molecule has 3 aliphatic rings. The molecule has 158 valence electrons. The van der Waals surface area contributed by atoms with E-state index in [4.69, 9.17) is 4.74 Å². The highest BCUT2D eigenvalue weighted by molar-refractivity contribution is 5.87. The number of halogens is 1. The molecule has 1 saturated carbocycles. The molecule has 1 aliphatic carbocycles. The highest BCUT2D eigenvalue weighted by Gasteiger charge is 2.41. The van der Waals surface area contributed by atoms with E-state index in [0.717, 1.165) is 32.6 Å². The van der Waals surface area contributed by atoms with Crippen molar-refractivity contribution in [3.05, 3.63) is 30.1 Å². The van der Waals surface area contributed by atoms with Gasteiger partial charge in [0.1, 0.15) is 23.7 Å². The predicted octanol–water partition coefficient (Wildman–Crippen LogP) is 2.28. The molecule has 2 amide bonds. The SMILES string of the molecule is CC(=O)N1C[C@H](Oc2ccc(F)cc2)C[C@H]1C(=O)N1CCCN(C2CCC2)CC1. The largest absolute Gasteiger partial charge is 0.488 e. The molecular weight excluding hydrogens is 373 g/mol. The molecule has 3 fully saturated rings. The second-order valence-corrected chi connectivity index (χ2v) is 8.42. The van der Waals surface area contributed by atoms with Crippen molar-refractivity contribution in [1.82, 2.24) is 14.7 Å². The van der Waals surface area contributed by atoms with Gasteiger partial charge in [0, 0.05) is 45.6 Å². The Morgan fingerprint density at radius 3 is 2.45 bits per heavy atom. The van der Waals surface area contributed by atoms with Crippen molar-refractivity contribution < 1.29 is 18.7 Å². The van der Waals surface area contributed by atoms with Crippen LogP contribution in [0.2, 0.25) is 0 Å². The van der Waals surface area contributed by atoms with E-state index in [1.165, 1.54) is 38.3 Å². The summed E-state index contributed by atoms with van der Waals surface area (Å²) >= 11 is 0. The first kappa shape index (κ1) is 20.1. The number of rotatable bonds is 4. The Bertz CT molecular complexity index is 737. The van der Waals surface area contributed by atoms with E-state index in [0.29, 0.717) is 24.8 Å². The number of ether oxygens (including phenoxy) is 1. The molecule has 4 rings (SSSR count). The first-order valence-corrected chi connectivity index (χ1v) is 10.7. The van der Waals surface area contributed by atoms with Gasteiger partial charge in [0.15, 0.2) is 0 Å². The maximum atomic E-state index is 13.3. The van der Waals surface area contributed by atoms with Crippen LogP contribution in [0.1, 0.15) is 39.0 Å². The van der Waals surface area contributed by atoms with Crippen LogP contribution in [0.4, 0.5) is 4.39 Å². The number of nitrogens with zero attached hydrogens (tertiary/aromatic N) is 3. The van der Waals surface area contributed by atoms with Gasteiger partial charge in [0.25, 0.3) is 0 Å². The van der Waals surface area contributed by atoms with E-state index < -0.39 is 6.04 Å². The first-order valence-electron chi connectivity index (χ1n) is 10.7. The van der Waals surface area contributed by atoms with Gasteiger partial charge in [-0.15, -0.1) is 0 Å². The zero-order valence-corrected chi connectivity index (χ0v) is 17.1. The van der Waals surface area contributed by atoms with E-state index in [1.807, 2.05) is 4.90 Å². The molecule has 0 radical (unpaired) electrons. The molecule has 2 aliphatic heterocycles. The Balaban J connectivity index is 1.39. The van der Waals surface area contributed by atoms with Crippen molar-refractivity contribution in [3.63, 3.8) is 0 Å². The normalized spacial score (nSPS) is 26.1. The van der Waals surface area contributed by atoms with Crippen molar-refractivity contribution >= 4 is 11.8 Å². The highest BCUT2D eigenvalue weighted by atomic mass is 19.1. The molecule has 0 unspecified atom stereocenters. The molecule has 7 heteroatoms. The van der Waals surface area contributed by atoms with Crippen LogP contribution in [0, 0.1) is 5.82 Å². The average molecular weight is 403 g/mol. The lowest BCUT2D eigenvalue weighted by Gasteiger charge is -2.36. The fraction of sp³-hybridized carbons (Fsp3) is 0.636. The second kappa shape index (κ2) is 8.69. The highest BCUT2D eigenvalue weighted by Crippen LogP contribution is 2.27. The Labute approximate surface area is 171 Å². The summed E-state index contributed by atoms with van der Waals surface area (Å²) in [6, 6.07) is 6.06. The molecule has 2 saturated heterocycles. The summed E-state index contributed by atoms with van der Waals surface area (Å²) in [5.41, 5.74) is 0. The number of hydrogen-bond acceptors (Lipinski definition) is 4. The summed E-state index contributed by atoms with van der Waals surface area (Å²) < 4.78 is 19.1. The molecule has 6 nitrogen and oxygen atoms in total.